The van der Waals surface area contributed by atoms with Crippen LogP contribution in [0.15, 0.2) is 65.7 Å². The van der Waals surface area contributed by atoms with Crippen molar-refractivity contribution < 1.29 is 9.59 Å². The van der Waals surface area contributed by atoms with Gasteiger partial charge in [-0.2, -0.15) is 0 Å². The number of Topliss-reactive ketones (excluding diaryl/α,β-unsaturated/α-hetero) is 2. The van der Waals surface area contributed by atoms with Gasteiger partial charge in [-0.1, -0.05) is 74.5 Å². The van der Waals surface area contributed by atoms with Crippen molar-refractivity contribution in [1.29, 1.82) is 0 Å². The molecule has 1 aliphatic carbocycles. The molecule has 0 aliphatic heterocycles. The monoisotopic (exact) mass is 347 g/mol. The van der Waals surface area contributed by atoms with Gasteiger partial charge in [0.25, 0.3) is 0 Å². The Kier molecular flexibility index (Phi) is 5.46. The number of carbonyl (C=O) groups is 2. The molecule has 0 radical (unpaired) electrons. The Hall–Kier alpha value is -2.55. The summed E-state index contributed by atoms with van der Waals surface area (Å²) in [6.45, 7) is 4.65. The molecule has 0 spiro atoms. The highest BCUT2D eigenvalue weighted by molar-refractivity contribution is 6.22. The van der Waals surface area contributed by atoms with E-state index in [1.54, 1.807) is 0 Å². The van der Waals surface area contributed by atoms with Crippen molar-refractivity contribution in [1.82, 2.24) is 0 Å². The van der Waals surface area contributed by atoms with Crippen molar-refractivity contribution >= 4 is 17.3 Å². The molecule has 0 aromatic heterocycles. The van der Waals surface area contributed by atoms with Gasteiger partial charge in [-0.3, -0.25) is 14.6 Å². The Labute approximate surface area is 155 Å². The zero-order valence-corrected chi connectivity index (χ0v) is 15.4. The number of hydrogen-bond donors (Lipinski definition) is 0. The van der Waals surface area contributed by atoms with Gasteiger partial charge in [0.2, 0.25) is 0 Å². The predicted octanol–water partition coefficient (Wildman–Crippen LogP) is 4.44. The van der Waals surface area contributed by atoms with Crippen LogP contribution in [0.5, 0.6) is 0 Å². The van der Waals surface area contributed by atoms with Gasteiger partial charge in [0, 0.05) is 18.6 Å². The molecule has 2 aromatic rings. The van der Waals surface area contributed by atoms with E-state index >= 15 is 0 Å². The zero-order chi connectivity index (χ0) is 18.6. The highest BCUT2D eigenvalue weighted by atomic mass is 16.2. The lowest BCUT2D eigenvalue weighted by Gasteiger charge is -2.34. The Morgan fingerprint density at radius 2 is 1.54 bits per heavy atom. The van der Waals surface area contributed by atoms with E-state index in [0.29, 0.717) is 19.4 Å². The molecule has 1 saturated carbocycles. The van der Waals surface area contributed by atoms with Gasteiger partial charge in [0.15, 0.2) is 5.78 Å². The van der Waals surface area contributed by atoms with Crippen molar-refractivity contribution in [2.75, 3.05) is 0 Å². The van der Waals surface area contributed by atoms with Crippen LogP contribution in [0.2, 0.25) is 0 Å². The summed E-state index contributed by atoms with van der Waals surface area (Å²) in [7, 11) is 0. The van der Waals surface area contributed by atoms with Crippen LogP contribution in [-0.4, -0.2) is 17.3 Å². The summed E-state index contributed by atoms with van der Waals surface area (Å²) >= 11 is 0. The van der Waals surface area contributed by atoms with Gasteiger partial charge in [0.05, 0.1) is 6.54 Å². The van der Waals surface area contributed by atoms with Gasteiger partial charge in [-0.25, -0.2) is 0 Å². The maximum Gasteiger partial charge on any atom is 0.153 e. The van der Waals surface area contributed by atoms with Crippen molar-refractivity contribution in [3.05, 3.63) is 71.8 Å². The summed E-state index contributed by atoms with van der Waals surface area (Å²) in [6.07, 6.45) is 1.40. The normalized spacial score (nSPS) is 20.9. The van der Waals surface area contributed by atoms with E-state index in [4.69, 9.17) is 4.99 Å². The fraction of sp³-hybridized carbons (Fsp3) is 0.348. The molecule has 1 aliphatic rings. The van der Waals surface area contributed by atoms with E-state index in [0.717, 1.165) is 16.8 Å². The molecule has 0 N–H and O–H groups in total. The van der Waals surface area contributed by atoms with Crippen molar-refractivity contribution in [2.24, 2.45) is 16.3 Å². The van der Waals surface area contributed by atoms with E-state index < -0.39 is 5.92 Å². The first-order valence-corrected chi connectivity index (χ1v) is 9.11. The smallest absolute Gasteiger partial charge is 0.153 e. The number of rotatable bonds is 5. The van der Waals surface area contributed by atoms with Crippen LogP contribution >= 0.6 is 0 Å². The van der Waals surface area contributed by atoms with Gasteiger partial charge in [-0.05, 0) is 23.0 Å². The molecule has 134 valence electrons. The first kappa shape index (κ1) is 18.2. The number of nitrogens with zero attached hydrogens (tertiary/aromatic N) is 1. The highest BCUT2D eigenvalue weighted by Crippen LogP contribution is 2.35. The van der Waals surface area contributed by atoms with Gasteiger partial charge >= 0.3 is 0 Å². The van der Waals surface area contributed by atoms with Crippen LogP contribution in [0, 0.1) is 11.3 Å². The fourth-order valence-corrected chi connectivity index (χ4v) is 3.60. The molecular formula is C23H25NO2. The Balaban J connectivity index is 1.84. The second kappa shape index (κ2) is 7.77. The van der Waals surface area contributed by atoms with Gasteiger partial charge < -0.3 is 0 Å². The molecule has 3 nitrogen and oxygen atoms in total. The molecule has 0 bridgehead atoms. The SMILES string of the molecule is CC1(C)CC(=O)C(C(=O)Cc2ccccc2)C(=NCc2ccccc2)C1. The van der Waals surface area contributed by atoms with E-state index in [-0.39, 0.29) is 23.4 Å². The second-order valence-electron chi connectivity index (χ2n) is 7.84. The summed E-state index contributed by atoms with van der Waals surface area (Å²) in [5, 5.41) is 0. The molecule has 0 amide bonds. The first-order valence-electron chi connectivity index (χ1n) is 9.11. The number of carbonyl (C=O) groups excluding carboxylic acids is 2. The second-order valence-corrected chi connectivity index (χ2v) is 7.84. The lowest BCUT2D eigenvalue weighted by Crippen LogP contribution is -2.42. The fourth-order valence-electron chi connectivity index (χ4n) is 3.60. The molecule has 3 heteroatoms. The Morgan fingerprint density at radius 3 is 2.15 bits per heavy atom. The number of benzene rings is 2. The molecule has 0 saturated heterocycles. The predicted molar refractivity (Wildman–Crippen MR) is 104 cm³/mol. The average Bonchev–Trinajstić information content (AvgIpc) is 2.60. The van der Waals surface area contributed by atoms with Crippen molar-refractivity contribution in [2.45, 2.75) is 39.7 Å². The molecule has 26 heavy (non-hydrogen) atoms. The molecule has 3 rings (SSSR count). The standard InChI is InChI=1S/C23H25NO2/c1-23(2)14-19(24-16-18-11-7-4-8-12-18)22(21(26)15-23)20(25)13-17-9-5-3-6-10-17/h3-12,22H,13-16H2,1-2H3. The minimum absolute atomic E-state index is 0.00833. The third kappa shape index (κ3) is 4.54. The maximum absolute atomic E-state index is 12.9. The van der Waals surface area contributed by atoms with E-state index in [1.165, 1.54) is 0 Å². The lowest BCUT2D eigenvalue weighted by atomic mass is 9.69. The maximum atomic E-state index is 12.9. The Morgan fingerprint density at radius 1 is 0.962 bits per heavy atom. The van der Waals surface area contributed by atoms with Crippen LogP contribution in [0.1, 0.15) is 37.8 Å². The number of ketones is 2. The summed E-state index contributed by atoms with van der Waals surface area (Å²) in [4.78, 5) is 30.4. The number of aliphatic imine (C=N–C) groups is 1. The third-order valence-corrected chi connectivity index (χ3v) is 4.82. The van der Waals surface area contributed by atoms with E-state index in [1.807, 2.05) is 60.7 Å². The number of hydrogen-bond acceptors (Lipinski definition) is 3. The summed E-state index contributed by atoms with van der Waals surface area (Å²) in [6, 6.07) is 19.6. The Bertz CT molecular complexity index is 807. The van der Waals surface area contributed by atoms with Gasteiger partial charge in [0.1, 0.15) is 11.7 Å². The minimum atomic E-state index is -0.688. The lowest BCUT2D eigenvalue weighted by molar-refractivity contribution is -0.131. The van der Waals surface area contributed by atoms with Crippen LogP contribution < -0.4 is 0 Å². The van der Waals surface area contributed by atoms with Crippen molar-refractivity contribution in [3.63, 3.8) is 0 Å². The summed E-state index contributed by atoms with van der Waals surface area (Å²) in [5.41, 5.74) is 2.63. The van der Waals surface area contributed by atoms with E-state index in [9.17, 15) is 9.59 Å². The summed E-state index contributed by atoms with van der Waals surface area (Å²) < 4.78 is 0. The van der Waals surface area contributed by atoms with Crippen LogP contribution in [0.4, 0.5) is 0 Å². The van der Waals surface area contributed by atoms with Crippen LogP contribution in [0.25, 0.3) is 0 Å². The molecule has 1 atom stereocenters. The van der Waals surface area contributed by atoms with Crippen LogP contribution in [-0.2, 0) is 22.6 Å². The first-order chi connectivity index (χ1) is 12.4. The molecule has 1 fully saturated rings. The zero-order valence-electron chi connectivity index (χ0n) is 15.4. The quantitative estimate of drug-likeness (QED) is 0.751. The molecular weight excluding hydrogens is 322 g/mol. The third-order valence-electron chi connectivity index (χ3n) is 4.82. The molecule has 1 unspecified atom stereocenters. The average molecular weight is 347 g/mol. The van der Waals surface area contributed by atoms with Crippen molar-refractivity contribution in [3.8, 4) is 0 Å². The molecule has 0 heterocycles. The van der Waals surface area contributed by atoms with Crippen LogP contribution in [0.3, 0.4) is 0 Å². The summed E-state index contributed by atoms with van der Waals surface area (Å²) in [5.74, 6) is -0.718. The van der Waals surface area contributed by atoms with E-state index in [2.05, 4.69) is 13.8 Å². The largest absolute Gasteiger partial charge is 0.298 e. The highest BCUT2D eigenvalue weighted by Gasteiger charge is 2.41. The minimum Gasteiger partial charge on any atom is -0.298 e. The molecule has 2 aromatic carbocycles. The van der Waals surface area contributed by atoms with Gasteiger partial charge in [-0.15, -0.1) is 0 Å². The topological polar surface area (TPSA) is 46.5 Å².